The van der Waals surface area contributed by atoms with Gasteiger partial charge in [0.25, 0.3) is 5.91 Å². The molecule has 0 saturated carbocycles. The maximum atomic E-state index is 12.6. The lowest BCUT2D eigenvalue weighted by atomic mass is 10.3. The molecular formula is C20H25ClN3O3S+. The standard InChI is InChI=1S/C20H24ClN3O3S/c1-4-10-24(12-17-8-9-18(21)28-17)14-20(26)23(2)13-19(25)22-15-6-5-7-16(11-15)27-3/h4-9,11H,1,10,12-14H2,2-3H3,(H,22,25)/p+1. The van der Waals surface area contributed by atoms with Gasteiger partial charge >= 0.3 is 0 Å². The van der Waals surface area contributed by atoms with Crippen molar-refractivity contribution in [1.29, 1.82) is 0 Å². The van der Waals surface area contributed by atoms with Gasteiger partial charge in [0.2, 0.25) is 5.91 Å². The number of thiophene rings is 1. The highest BCUT2D eigenvalue weighted by Crippen LogP contribution is 2.20. The fraction of sp³-hybridized carbons (Fsp3) is 0.300. The number of ether oxygens (including phenoxy) is 1. The summed E-state index contributed by atoms with van der Waals surface area (Å²) in [5.41, 5.74) is 0.624. The summed E-state index contributed by atoms with van der Waals surface area (Å²) >= 11 is 7.48. The summed E-state index contributed by atoms with van der Waals surface area (Å²) in [5.74, 6) is 0.277. The van der Waals surface area contributed by atoms with E-state index in [-0.39, 0.29) is 24.9 Å². The average Bonchev–Trinajstić information content (AvgIpc) is 3.06. The lowest BCUT2D eigenvalue weighted by Gasteiger charge is -2.21. The predicted octanol–water partition coefficient (Wildman–Crippen LogP) is 2.08. The molecule has 1 heterocycles. The molecule has 8 heteroatoms. The summed E-state index contributed by atoms with van der Waals surface area (Å²) in [6.07, 6.45) is 1.79. The van der Waals surface area contributed by atoms with Crippen LogP contribution in [0.4, 0.5) is 5.69 Å². The summed E-state index contributed by atoms with van der Waals surface area (Å²) in [6, 6.07) is 10.9. The Morgan fingerprint density at radius 1 is 1.36 bits per heavy atom. The quantitative estimate of drug-likeness (QED) is 0.576. The molecule has 0 saturated heterocycles. The van der Waals surface area contributed by atoms with Crippen LogP contribution in [0.2, 0.25) is 4.34 Å². The molecule has 2 aromatic rings. The minimum atomic E-state index is -0.264. The number of benzene rings is 1. The molecule has 150 valence electrons. The van der Waals surface area contributed by atoms with Crippen molar-refractivity contribution in [2.24, 2.45) is 0 Å². The molecule has 0 fully saturated rings. The van der Waals surface area contributed by atoms with E-state index in [2.05, 4.69) is 11.9 Å². The first-order valence-electron chi connectivity index (χ1n) is 8.77. The van der Waals surface area contributed by atoms with Gasteiger partial charge < -0.3 is 19.9 Å². The number of halogens is 1. The maximum Gasteiger partial charge on any atom is 0.277 e. The second-order valence-corrected chi connectivity index (χ2v) is 8.13. The van der Waals surface area contributed by atoms with E-state index in [1.54, 1.807) is 44.5 Å². The summed E-state index contributed by atoms with van der Waals surface area (Å²) in [6.45, 7) is 5.33. The van der Waals surface area contributed by atoms with E-state index in [0.29, 0.717) is 24.5 Å². The molecule has 1 aromatic heterocycles. The van der Waals surface area contributed by atoms with Crippen molar-refractivity contribution < 1.29 is 19.2 Å². The van der Waals surface area contributed by atoms with E-state index in [1.807, 2.05) is 12.1 Å². The topological polar surface area (TPSA) is 63.1 Å². The maximum absolute atomic E-state index is 12.6. The van der Waals surface area contributed by atoms with Crippen molar-refractivity contribution in [3.05, 3.63) is 58.3 Å². The van der Waals surface area contributed by atoms with Crippen LogP contribution in [-0.4, -0.2) is 50.5 Å². The summed E-state index contributed by atoms with van der Waals surface area (Å²) in [7, 11) is 3.19. The van der Waals surface area contributed by atoms with Crippen molar-refractivity contribution in [2.45, 2.75) is 6.54 Å². The second kappa shape index (κ2) is 10.8. The molecule has 0 aliphatic heterocycles. The fourth-order valence-electron chi connectivity index (χ4n) is 2.66. The van der Waals surface area contributed by atoms with Gasteiger partial charge in [-0.1, -0.05) is 24.2 Å². The Morgan fingerprint density at radius 2 is 2.14 bits per heavy atom. The molecule has 28 heavy (non-hydrogen) atoms. The van der Waals surface area contributed by atoms with E-state index in [1.165, 1.54) is 16.2 Å². The Morgan fingerprint density at radius 3 is 2.79 bits per heavy atom. The number of anilines is 1. The van der Waals surface area contributed by atoms with Gasteiger partial charge in [-0.05, 0) is 30.3 Å². The molecule has 2 rings (SSSR count). The zero-order chi connectivity index (χ0) is 20.5. The second-order valence-electron chi connectivity index (χ2n) is 6.33. The summed E-state index contributed by atoms with van der Waals surface area (Å²) in [4.78, 5) is 28.4. The zero-order valence-electron chi connectivity index (χ0n) is 16.0. The molecule has 2 N–H and O–H groups in total. The highest BCUT2D eigenvalue weighted by atomic mass is 35.5. The van der Waals surface area contributed by atoms with Gasteiger partial charge in [-0.25, -0.2) is 0 Å². The number of amides is 2. The highest BCUT2D eigenvalue weighted by molar-refractivity contribution is 7.16. The van der Waals surface area contributed by atoms with Crippen LogP contribution in [0.25, 0.3) is 0 Å². The normalized spacial score (nSPS) is 11.5. The van der Waals surface area contributed by atoms with Crippen molar-refractivity contribution in [2.75, 3.05) is 39.1 Å². The Balaban J connectivity index is 1.88. The van der Waals surface area contributed by atoms with E-state index < -0.39 is 0 Å². The smallest absolute Gasteiger partial charge is 0.277 e. The van der Waals surface area contributed by atoms with E-state index in [0.717, 1.165) is 14.1 Å². The van der Waals surface area contributed by atoms with Gasteiger partial charge in [0.15, 0.2) is 6.54 Å². The molecule has 1 aromatic carbocycles. The Hall–Kier alpha value is -2.35. The van der Waals surface area contributed by atoms with Crippen LogP contribution in [0.15, 0.2) is 49.1 Å². The molecular weight excluding hydrogens is 398 g/mol. The molecule has 1 atom stereocenters. The molecule has 6 nitrogen and oxygen atoms in total. The van der Waals surface area contributed by atoms with Gasteiger partial charge in [0.05, 0.1) is 29.4 Å². The van der Waals surface area contributed by atoms with Crippen molar-refractivity contribution in [1.82, 2.24) is 4.90 Å². The fourth-order valence-corrected chi connectivity index (χ4v) is 3.82. The number of hydrogen-bond acceptors (Lipinski definition) is 4. The van der Waals surface area contributed by atoms with Crippen LogP contribution in [-0.2, 0) is 16.1 Å². The van der Waals surface area contributed by atoms with Gasteiger partial charge in [-0.15, -0.1) is 11.3 Å². The van der Waals surface area contributed by atoms with Gasteiger partial charge in [0.1, 0.15) is 12.3 Å². The number of nitrogens with zero attached hydrogens (tertiary/aromatic N) is 1. The van der Waals surface area contributed by atoms with Gasteiger partial charge in [-0.3, -0.25) is 9.59 Å². The number of methoxy groups -OCH3 is 1. The number of likely N-dealkylation sites (N-methyl/N-ethyl adjacent to an activating group) is 1. The predicted molar refractivity (Wildman–Crippen MR) is 113 cm³/mol. The molecule has 2 amide bonds. The largest absolute Gasteiger partial charge is 0.497 e. The molecule has 0 spiro atoms. The Kier molecular flexibility index (Phi) is 8.50. The zero-order valence-corrected chi connectivity index (χ0v) is 17.6. The van der Waals surface area contributed by atoms with Crippen LogP contribution in [0.5, 0.6) is 5.75 Å². The minimum Gasteiger partial charge on any atom is -0.497 e. The highest BCUT2D eigenvalue weighted by Gasteiger charge is 2.20. The number of carbonyl (C=O) groups is 2. The number of rotatable bonds is 10. The van der Waals surface area contributed by atoms with Crippen molar-refractivity contribution >= 4 is 40.4 Å². The molecule has 1 unspecified atom stereocenters. The number of carbonyl (C=O) groups excluding carboxylic acids is 2. The minimum absolute atomic E-state index is 0.0256. The lowest BCUT2D eigenvalue weighted by molar-refractivity contribution is -0.900. The van der Waals surface area contributed by atoms with Gasteiger partial charge in [-0.2, -0.15) is 0 Å². The van der Waals surface area contributed by atoms with Crippen molar-refractivity contribution in [3.8, 4) is 5.75 Å². The van der Waals surface area contributed by atoms with Crippen LogP contribution in [0, 0.1) is 0 Å². The van der Waals surface area contributed by atoms with E-state index in [4.69, 9.17) is 16.3 Å². The molecule has 0 radical (unpaired) electrons. The van der Waals surface area contributed by atoms with Crippen LogP contribution in [0.3, 0.4) is 0 Å². The summed E-state index contributed by atoms with van der Waals surface area (Å²) in [5, 5.41) is 2.77. The molecule has 0 aliphatic rings. The van der Waals surface area contributed by atoms with E-state index >= 15 is 0 Å². The average molecular weight is 423 g/mol. The first-order valence-corrected chi connectivity index (χ1v) is 9.97. The van der Waals surface area contributed by atoms with E-state index in [9.17, 15) is 9.59 Å². The van der Waals surface area contributed by atoms with Crippen molar-refractivity contribution in [3.63, 3.8) is 0 Å². The molecule has 0 bridgehead atoms. The monoisotopic (exact) mass is 422 g/mol. The summed E-state index contributed by atoms with van der Waals surface area (Å²) < 4.78 is 5.87. The first-order chi connectivity index (χ1) is 13.4. The third kappa shape index (κ3) is 6.99. The third-order valence-electron chi connectivity index (χ3n) is 4.05. The third-order valence-corrected chi connectivity index (χ3v) is 5.28. The van der Waals surface area contributed by atoms with Gasteiger partial charge in [0, 0.05) is 18.8 Å². The van der Waals surface area contributed by atoms with Crippen LogP contribution < -0.4 is 15.0 Å². The van der Waals surface area contributed by atoms with Crippen LogP contribution >= 0.6 is 22.9 Å². The number of hydrogen-bond donors (Lipinski definition) is 2. The number of quaternary nitrogens is 1. The first kappa shape index (κ1) is 21.9. The Labute approximate surface area is 174 Å². The van der Waals surface area contributed by atoms with Crippen LogP contribution in [0.1, 0.15) is 4.88 Å². The number of nitrogens with one attached hydrogen (secondary N) is 2. The lowest BCUT2D eigenvalue weighted by Crippen LogP contribution is -3.11. The SMILES string of the molecule is C=CC[NH+](CC(=O)N(C)CC(=O)Nc1cccc(OC)c1)Cc1ccc(Cl)s1. The molecule has 0 aliphatic carbocycles. The Bertz CT molecular complexity index is 825.